The molecule has 0 saturated carbocycles. The Balaban J connectivity index is 0.911. The van der Waals surface area contributed by atoms with E-state index in [2.05, 4.69) is 31.0 Å². The Labute approximate surface area is 318 Å². The molecule has 2 heterocycles. The highest BCUT2D eigenvalue weighted by Gasteiger charge is 2.31. The van der Waals surface area contributed by atoms with Crippen LogP contribution in [0.5, 0.6) is 11.5 Å². The lowest BCUT2D eigenvalue weighted by Crippen LogP contribution is -2.48. The molecule has 1 aromatic heterocycles. The van der Waals surface area contributed by atoms with Gasteiger partial charge in [-0.3, -0.25) is 14.6 Å². The highest BCUT2D eigenvalue weighted by atomic mass is 35.5. The predicted molar refractivity (Wildman–Crippen MR) is 203 cm³/mol. The van der Waals surface area contributed by atoms with Crippen LogP contribution in [0.3, 0.4) is 0 Å². The van der Waals surface area contributed by atoms with Crippen LogP contribution in [0.4, 0.5) is 29.3 Å². The molecular formula is C38H35ClF3N7O4S. The Morgan fingerprint density at radius 3 is 2.41 bits per heavy atom. The molecule has 1 aliphatic rings. The van der Waals surface area contributed by atoms with Crippen molar-refractivity contribution in [1.82, 2.24) is 20.2 Å². The number of piperazine rings is 1. The normalized spacial score (nSPS) is 13.9. The third-order valence-corrected chi connectivity index (χ3v) is 9.60. The van der Waals surface area contributed by atoms with Gasteiger partial charge in [-0.05, 0) is 66.2 Å². The lowest BCUT2D eigenvalue weighted by molar-refractivity contribution is -0.137. The Hall–Kier alpha value is -5.48. The number of halogens is 4. The van der Waals surface area contributed by atoms with Crippen molar-refractivity contribution in [2.45, 2.75) is 19.3 Å². The van der Waals surface area contributed by atoms with E-state index in [-0.39, 0.29) is 28.9 Å². The minimum absolute atomic E-state index is 0.0191. The number of urea groups is 1. The number of amides is 3. The Morgan fingerprint density at radius 2 is 1.69 bits per heavy atom. The smallest absolute Gasteiger partial charge is 0.416 e. The van der Waals surface area contributed by atoms with E-state index in [0.29, 0.717) is 43.2 Å². The molecule has 0 aliphatic carbocycles. The van der Waals surface area contributed by atoms with E-state index in [9.17, 15) is 27.9 Å². The SMILES string of the molecule is O=C(CN1CCN(Cc2csc(-c3ccc(NC(=O)Nc4ccc(C(F)(F)F)cc4Cl)cc3)n2)CC1)N/N=C/c1cc(OCc2ccccc2)ccc1O. The first kappa shape index (κ1) is 38.3. The van der Waals surface area contributed by atoms with Gasteiger partial charge in [0.05, 0.1) is 34.7 Å². The average molecular weight is 778 g/mol. The average Bonchev–Trinajstić information content (AvgIpc) is 3.62. The molecule has 280 valence electrons. The molecule has 4 N–H and O–H groups in total. The maximum absolute atomic E-state index is 12.9. The number of anilines is 2. The highest BCUT2D eigenvalue weighted by molar-refractivity contribution is 7.13. The summed E-state index contributed by atoms with van der Waals surface area (Å²) >= 11 is 7.44. The van der Waals surface area contributed by atoms with Crippen molar-refractivity contribution < 1.29 is 32.6 Å². The standard InChI is InChI=1S/C38H35ClF3N7O4S/c39-32-19-28(38(40,41)42)8-12-33(32)46-37(52)45-29-9-6-26(7-10-29)36-44-30(24-54-36)21-48-14-16-49(17-15-48)22-35(51)47-43-20-27-18-31(11-13-34(27)50)53-23-25-4-2-1-3-5-25/h1-13,18-20,24,50H,14-17,21-23H2,(H,47,51)(H2,45,46,52)/b43-20+. The molecule has 0 atom stereocenters. The Morgan fingerprint density at radius 1 is 0.944 bits per heavy atom. The van der Waals surface area contributed by atoms with Crippen molar-refractivity contribution >= 4 is 52.5 Å². The van der Waals surface area contributed by atoms with E-state index in [1.54, 1.807) is 24.3 Å². The summed E-state index contributed by atoms with van der Waals surface area (Å²) in [6, 6.07) is 23.7. The molecule has 54 heavy (non-hydrogen) atoms. The molecule has 1 fully saturated rings. The van der Waals surface area contributed by atoms with E-state index in [1.165, 1.54) is 23.6 Å². The van der Waals surface area contributed by atoms with E-state index in [4.69, 9.17) is 21.3 Å². The number of alkyl halides is 3. The van der Waals surface area contributed by atoms with Gasteiger partial charge in [0.2, 0.25) is 0 Å². The summed E-state index contributed by atoms with van der Waals surface area (Å²) in [6.45, 7) is 4.14. The lowest BCUT2D eigenvalue weighted by atomic mass is 10.2. The number of thiazole rings is 1. The molecular weight excluding hydrogens is 743 g/mol. The maximum Gasteiger partial charge on any atom is 0.416 e. The number of hydrazone groups is 1. The molecule has 1 saturated heterocycles. The number of phenols is 1. The maximum atomic E-state index is 12.9. The molecule has 4 aromatic carbocycles. The zero-order chi connectivity index (χ0) is 38.1. The fraction of sp³-hybridized carbons (Fsp3) is 0.211. The third kappa shape index (κ3) is 10.8. The minimum atomic E-state index is -4.54. The molecule has 11 nitrogen and oxygen atoms in total. The second-order valence-corrected chi connectivity index (χ2v) is 13.6. The van der Waals surface area contributed by atoms with Crippen molar-refractivity contribution in [3.8, 4) is 22.1 Å². The number of nitrogens with zero attached hydrogens (tertiary/aromatic N) is 4. The third-order valence-electron chi connectivity index (χ3n) is 8.34. The van der Waals surface area contributed by atoms with Crippen molar-refractivity contribution in [3.05, 3.63) is 124 Å². The topological polar surface area (TPSA) is 131 Å². The van der Waals surface area contributed by atoms with Crippen molar-refractivity contribution in [2.75, 3.05) is 43.4 Å². The first-order valence-corrected chi connectivity index (χ1v) is 18.0. The van der Waals surface area contributed by atoms with E-state index in [1.807, 2.05) is 47.8 Å². The summed E-state index contributed by atoms with van der Waals surface area (Å²) in [6.07, 6.45) is -3.15. The van der Waals surface area contributed by atoms with Crippen LogP contribution in [0.25, 0.3) is 10.6 Å². The van der Waals surface area contributed by atoms with Crippen LogP contribution >= 0.6 is 22.9 Å². The molecule has 16 heteroatoms. The summed E-state index contributed by atoms with van der Waals surface area (Å²) in [7, 11) is 0. The van der Waals surface area contributed by atoms with Gasteiger partial charge in [-0.25, -0.2) is 15.2 Å². The van der Waals surface area contributed by atoms with Gasteiger partial charge in [0.25, 0.3) is 5.91 Å². The van der Waals surface area contributed by atoms with E-state index >= 15 is 0 Å². The number of benzene rings is 4. The highest BCUT2D eigenvalue weighted by Crippen LogP contribution is 2.34. The van der Waals surface area contributed by atoms with Gasteiger partial charge in [0, 0.05) is 54.9 Å². The lowest BCUT2D eigenvalue weighted by Gasteiger charge is -2.33. The predicted octanol–water partition coefficient (Wildman–Crippen LogP) is 7.68. The fourth-order valence-corrected chi connectivity index (χ4v) is 6.54. The molecule has 6 rings (SSSR count). The second kappa shape index (κ2) is 17.6. The van der Waals surface area contributed by atoms with Crippen molar-refractivity contribution in [2.24, 2.45) is 5.10 Å². The monoisotopic (exact) mass is 777 g/mol. The molecule has 5 aromatic rings. The summed E-state index contributed by atoms with van der Waals surface area (Å²) in [5.41, 5.74) is 5.37. The van der Waals surface area contributed by atoms with Crippen LogP contribution in [0.2, 0.25) is 5.02 Å². The van der Waals surface area contributed by atoms with Gasteiger partial charge in [-0.15, -0.1) is 11.3 Å². The first-order chi connectivity index (χ1) is 26.0. The van der Waals surface area contributed by atoms with Crippen LogP contribution in [0, 0.1) is 0 Å². The number of nitrogens with one attached hydrogen (secondary N) is 3. The van der Waals surface area contributed by atoms with E-state index in [0.717, 1.165) is 53.1 Å². The van der Waals surface area contributed by atoms with Gasteiger partial charge < -0.3 is 20.5 Å². The fourth-order valence-electron chi connectivity index (χ4n) is 5.50. The number of aromatic hydroxyl groups is 1. The van der Waals surface area contributed by atoms with Crippen molar-refractivity contribution in [3.63, 3.8) is 0 Å². The first-order valence-electron chi connectivity index (χ1n) is 16.7. The van der Waals surface area contributed by atoms with Crippen LogP contribution < -0.4 is 20.8 Å². The molecule has 0 unspecified atom stereocenters. The Kier molecular flexibility index (Phi) is 12.4. The summed E-state index contributed by atoms with van der Waals surface area (Å²) in [5.74, 6) is 0.328. The largest absolute Gasteiger partial charge is 0.507 e. The summed E-state index contributed by atoms with van der Waals surface area (Å²) in [4.78, 5) is 34.1. The summed E-state index contributed by atoms with van der Waals surface area (Å²) < 4.78 is 44.5. The van der Waals surface area contributed by atoms with Gasteiger partial charge in [-0.2, -0.15) is 18.3 Å². The molecule has 0 spiro atoms. The van der Waals surface area contributed by atoms with Crippen LogP contribution in [-0.4, -0.2) is 70.8 Å². The van der Waals surface area contributed by atoms with Gasteiger partial charge >= 0.3 is 12.2 Å². The number of carbonyl (C=O) groups is 2. The number of phenolic OH excluding ortho intramolecular Hbond substituents is 1. The van der Waals surface area contributed by atoms with Gasteiger partial charge in [0.1, 0.15) is 23.1 Å². The number of hydrogen-bond acceptors (Lipinski definition) is 9. The molecule has 0 radical (unpaired) electrons. The quantitative estimate of drug-likeness (QED) is 0.0756. The Bertz CT molecular complexity index is 2090. The number of ether oxygens (including phenoxy) is 1. The van der Waals surface area contributed by atoms with Gasteiger partial charge in [-0.1, -0.05) is 41.9 Å². The molecule has 0 bridgehead atoms. The number of carbonyl (C=O) groups excluding carboxylic acids is 2. The zero-order valence-electron chi connectivity index (χ0n) is 28.6. The van der Waals surface area contributed by atoms with Crippen LogP contribution in [0.15, 0.2) is 101 Å². The minimum Gasteiger partial charge on any atom is -0.507 e. The molecule has 3 amide bonds. The number of rotatable bonds is 12. The number of hydrogen-bond donors (Lipinski definition) is 4. The van der Waals surface area contributed by atoms with Crippen LogP contribution in [0.1, 0.15) is 22.4 Å². The molecule has 1 aliphatic heterocycles. The second-order valence-electron chi connectivity index (χ2n) is 12.3. The van der Waals surface area contributed by atoms with Gasteiger partial charge in [0.15, 0.2) is 0 Å². The van der Waals surface area contributed by atoms with E-state index < -0.39 is 17.8 Å². The summed E-state index contributed by atoms with van der Waals surface area (Å²) in [5, 5.41) is 21.9. The zero-order valence-corrected chi connectivity index (χ0v) is 30.2. The van der Waals surface area contributed by atoms with Crippen molar-refractivity contribution in [1.29, 1.82) is 0 Å². The number of aromatic nitrogens is 1. The van der Waals surface area contributed by atoms with Crippen LogP contribution in [-0.2, 0) is 24.1 Å².